The fourth-order valence-corrected chi connectivity index (χ4v) is 3.74. The Morgan fingerprint density at radius 2 is 1.73 bits per heavy atom. The van der Waals surface area contributed by atoms with Crippen molar-refractivity contribution in [3.8, 4) is 6.07 Å². The molecule has 0 aliphatic carbocycles. The maximum atomic E-state index is 12.5. The Balaban J connectivity index is 1.60. The van der Waals surface area contributed by atoms with Crippen LogP contribution in [0.25, 0.3) is 0 Å². The van der Waals surface area contributed by atoms with Crippen molar-refractivity contribution in [1.29, 1.82) is 5.26 Å². The largest absolute Gasteiger partial charge is 0.348 e. The van der Waals surface area contributed by atoms with Gasteiger partial charge < -0.3 is 15.2 Å². The summed E-state index contributed by atoms with van der Waals surface area (Å²) in [4.78, 5) is 38.5. The average Bonchev–Trinajstić information content (AvgIpc) is 2.81. The second kappa shape index (κ2) is 10.7. The number of hydrogen-bond acceptors (Lipinski definition) is 5. The number of nitrogens with one attached hydrogen (secondary N) is 2. The molecule has 0 bridgehead atoms. The SMILES string of the molecule is CSc1ccc(CNC(=O)c2ccc(NC(=O)Cn3c(C)cc(C)c(C#N)c3=O)cc2)cc1. The molecule has 0 unspecified atom stereocenters. The van der Waals surface area contributed by atoms with Crippen LogP contribution in [-0.2, 0) is 17.9 Å². The summed E-state index contributed by atoms with van der Waals surface area (Å²) >= 11 is 1.66. The summed E-state index contributed by atoms with van der Waals surface area (Å²) in [6.07, 6.45) is 2.01. The Morgan fingerprint density at radius 1 is 1.06 bits per heavy atom. The molecule has 0 radical (unpaired) electrons. The smallest absolute Gasteiger partial charge is 0.269 e. The molecule has 168 valence electrons. The number of hydrogen-bond donors (Lipinski definition) is 2. The van der Waals surface area contributed by atoms with Crippen LogP contribution in [-0.4, -0.2) is 22.6 Å². The molecule has 0 aliphatic heterocycles. The van der Waals surface area contributed by atoms with Gasteiger partial charge in [-0.2, -0.15) is 5.26 Å². The van der Waals surface area contributed by atoms with E-state index in [4.69, 9.17) is 0 Å². The van der Waals surface area contributed by atoms with Gasteiger partial charge in [0.1, 0.15) is 18.2 Å². The van der Waals surface area contributed by atoms with Crippen LogP contribution in [0.3, 0.4) is 0 Å². The Hall–Kier alpha value is -3.83. The van der Waals surface area contributed by atoms with Gasteiger partial charge in [-0.1, -0.05) is 12.1 Å². The van der Waals surface area contributed by atoms with Crippen LogP contribution < -0.4 is 16.2 Å². The zero-order chi connectivity index (χ0) is 24.0. The van der Waals surface area contributed by atoms with E-state index in [2.05, 4.69) is 10.6 Å². The van der Waals surface area contributed by atoms with Gasteiger partial charge in [0, 0.05) is 28.4 Å². The van der Waals surface area contributed by atoms with E-state index in [1.807, 2.05) is 36.6 Å². The average molecular weight is 461 g/mol. The Labute approximate surface area is 196 Å². The maximum Gasteiger partial charge on any atom is 0.269 e. The quantitative estimate of drug-likeness (QED) is 0.524. The van der Waals surface area contributed by atoms with Crippen molar-refractivity contribution in [2.75, 3.05) is 11.6 Å². The van der Waals surface area contributed by atoms with Gasteiger partial charge in [0.15, 0.2) is 0 Å². The second-order valence-corrected chi connectivity index (χ2v) is 8.38. The van der Waals surface area contributed by atoms with E-state index in [9.17, 15) is 19.6 Å². The molecule has 0 spiro atoms. The lowest BCUT2D eigenvalue weighted by molar-refractivity contribution is -0.116. The minimum absolute atomic E-state index is 0.0314. The molecule has 7 nitrogen and oxygen atoms in total. The minimum Gasteiger partial charge on any atom is -0.348 e. The zero-order valence-corrected chi connectivity index (χ0v) is 19.5. The summed E-state index contributed by atoms with van der Waals surface area (Å²) in [5.74, 6) is -0.619. The molecule has 8 heteroatoms. The van der Waals surface area contributed by atoms with Crippen molar-refractivity contribution < 1.29 is 9.59 Å². The van der Waals surface area contributed by atoms with Crippen molar-refractivity contribution >= 4 is 29.3 Å². The molecule has 0 atom stereocenters. The lowest BCUT2D eigenvalue weighted by atomic mass is 10.1. The van der Waals surface area contributed by atoms with E-state index in [1.165, 1.54) is 4.57 Å². The highest BCUT2D eigenvalue weighted by Gasteiger charge is 2.13. The lowest BCUT2D eigenvalue weighted by Crippen LogP contribution is -2.31. The number of aryl methyl sites for hydroxylation is 2. The predicted octanol–water partition coefficient (Wildman–Crippen LogP) is 3.63. The van der Waals surface area contributed by atoms with Crippen molar-refractivity contribution in [3.05, 3.63) is 92.9 Å². The second-order valence-electron chi connectivity index (χ2n) is 7.50. The number of aromatic nitrogens is 1. The molecule has 1 heterocycles. The van der Waals surface area contributed by atoms with E-state index in [0.717, 1.165) is 10.5 Å². The molecule has 2 N–H and O–H groups in total. The van der Waals surface area contributed by atoms with Gasteiger partial charge in [-0.15, -0.1) is 11.8 Å². The van der Waals surface area contributed by atoms with Crippen LogP contribution in [0.15, 0.2) is 64.3 Å². The molecule has 2 amide bonds. The molecule has 2 aromatic carbocycles. The first-order chi connectivity index (χ1) is 15.8. The monoisotopic (exact) mass is 460 g/mol. The highest BCUT2D eigenvalue weighted by atomic mass is 32.2. The van der Waals surface area contributed by atoms with Crippen molar-refractivity contribution in [1.82, 2.24) is 9.88 Å². The number of anilines is 1. The van der Waals surface area contributed by atoms with Gasteiger partial charge in [0.05, 0.1) is 0 Å². The molecule has 0 aliphatic rings. The normalized spacial score (nSPS) is 10.4. The number of carbonyl (C=O) groups excluding carboxylic acids is 2. The number of nitrogens with zero attached hydrogens (tertiary/aromatic N) is 2. The van der Waals surface area contributed by atoms with Gasteiger partial charge in [0.25, 0.3) is 11.5 Å². The highest BCUT2D eigenvalue weighted by Crippen LogP contribution is 2.15. The molecule has 33 heavy (non-hydrogen) atoms. The van der Waals surface area contributed by atoms with E-state index in [1.54, 1.807) is 55.9 Å². The Morgan fingerprint density at radius 3 is 2.33 bits per heavy atom. The van der Waals surface area contributed by atoms with Crippen molar-refractivity contribution in [2.45, 2.75) is 31.8 Å². The van der Waals surface area contributed by atoms with E-state index in [-0.39, 0.29) is 18.0 Å². The first kappa shape index (κ1) is 23.8. The third kappa shape index (κ3) is 5.90. The molecule has 3 aromatic rings. The van der Waals surface area contributed by atoms with Crippen LogP contribution in [0.2, 0.25) is 0 Å². The predicted molar refractivity (Wildman–Crippen MR) is 129 cm³/mol. The third-order valence-electron chi connectivity index (χ3n) is 5.16. The molecule has 3 rings (SSSR count). The summed E-state index contributed by atoms with van der Waals surface area (Å²) in [5, 5.41) is 14.8. The fraction of sp³-hybridized carbons (Fsp3) is 0.200. The molecular weight excluding hydrogens is 436 g/mol. The first-order valence-electron chi connectivity index (χ1n) is 10.2. The number of rotatable bonds is 7. The lowest BCUT2D eigenvalue weighted by Gasteiger charge is -2.12. The molecule has 0 fully saturated rings. The van der Waals surface area contributed by atoms with Crippen LogP contribution >= 0.6 is 11.8 Å². The molecular formula is C25H24N4O3S. The zero-order valence-electron chi connectivity index (χ0n) is 18.6. The van der Waals surface area contributed by atoms with E-state index in [0.29, 0.717) is 29.1 Å². The standard InChI is InChI=1S/C25H24N4O3S/c1-16-12-17(2)29(25(32)22(16)13-26)15-23(30)28-20-8-6-19(7-9-20)24(31)27-14-18-4-10-21(33-3)11-5-18/h4-12H,14-15H2,1-3H3,(H,27,31)(H,28,30). The van der Waals surface area contributed by atoms with Gasteiger partial charge in [-0.25, -0.2) is 0 Å². The van der Waals surface area contributed by atoms with Crippen molar-refractivity contribution in [2.24, 2.45) is 0 Å². The summed E-state index contributed by atoms with van der Waals surface area (Å²) in [6.45, 7) is 3.61. The summed E-state index contributed by atoms with van der Waals surface area (Å²) in [6, 6.07) is 18.1. The van der Waals surface area contributed by atoms with Crippen LogP contribution in [0.4, 0.5) is 5.69 Å². The van der Waals surface area contributed by atoms with Crippen LogP contribution in [0, 0.1) is 25.2 Å². The topological polar surface area (TPSA) is 104 Å². The number of benzene rings is 2. The number of carbonyl (C=O) groups is 2. The van der Waals surface area contributed by atoms with Gasteiger partial charge >= 0.3 is 0 Å². The van der Waals surface area contributed by atoms with Gasteiger partial charge in [0.2, 0.25) is 5.91 Å². The van der Waals surface area contributed by atoms with E-state index < -0.39 is 11.5 Å². The Bertz CT molecular complexity index is 1270. The minimum atomic E-state index is -0.486. The highest BCUT2D eigenvalue weighted by molar-refractivity contribution is 7.98. The van der Waals surface area contributed by atoms with E-state index >= 15 is 0 Å². The van der Waals surface area contributed by atoms with Crippen LogP contribution in [0.1, 0.15) is 32.7 Å². The summed E-state index contributed by atoms with van der Waals surface area (Å²) < 4.78 is 1.27. The number of thioether (sulfide) groups is 1. The summed E-state index contributed by atoms with van der Waals surface area (Å²) in [7, 11) is 0. The maximum absolute atomic E-state index is 12.5. The number of amides is 2. The number of pyridine rings is 1. The fourth-order valence-electron chi connectivity index (χ4n) is 3.34. The Kier molecular flexibility index (Phi) is 7.70. The third-order valence-corrected chi connectivity index (χ3v) is 5.90. The first-order valence-corrected chi connectivity index (χ1v) is 11.5. The molecule has 0 saturated carbocycles. The van der Waals surface area contributed by atoms with Crippen molar-refractivity contribution in [3.63, 3.8) is 0 Å². The van der Waals surface area contributed by atoms with Gasteiger partial charge in [-0.05, 0) is 73.7 Å². The van der Waals surface area contributed by atoms with Crippen LogP contribution in [0.5, 0.6) is 0 Å². The molecule has 0 saturated heterocycles. The molecule has 1 aromatic heterocycles. The summed E-state index contributed by atoms with van der Waals surface area (Å²) in [5.41, 5.74) is 2.71. The van der Waals surface area contributed by atoms with Gasteiger partial charge in [-0.3, -0.25) is 14.4 Å². The number of nitriles is 1.